The lowest BCUT2D eigenvalue weighted by atomic mass is 9.86. The quantitative estimate of drug-likeness (QED) is 0.320. The van der Waals surface area contributed by atoms with E-state index < -0.39 is 24.4 Å². The van der Waals surface area contributed by atoms with E-state index >= 15 is 0 Å². The second-order valence-electron chi connectivity index (χ2n) is 7.52. The topological polar surface area (TPSA) is 117 Å². The van der Waals surface area contributed by atoms with Crippen molar-refractivity contribution in [2.75, 3.05) is 7.11 Å². The SMILES string of the molecule is COC(=O)C1=C(C)NC(C)=C(P2(=O)O[C@H](C)C[C@@H](C)O2)C1c1cccc([N+](=O)[O-])c1. The number of nitrogens with one attached hydrogen (secondary N) is 1. The molecule has 0 radical (unpaired) electrons. The van der Waals surface area contributed by atoms with E-state index in [-0.39, 0.29) is 28.8 Å². The van der Waals surface area contributed by atoms with Crippen LogP contribution in [0.4, 0.5) is 5.69 Å². The van der Waals surface area contributed by atoms with Crippen molar-refractivity contribution in [3.63, 3.8) is 0 Å². The van der Waals surface area contributed by atoms with Gasteiger partial charge in [0.2, 0.25) is 0 Å². The molecule has 3 rings (SSSR count). The van der Waals surface area contributed by atoms with Gasteiger partial charge in [-0.05, 0) is 33.3 Å². The van der Waals surface area contributed by atoms with Crippen LogP contribution in [-0.4, -0.2) is 30.2 Å². The Balaban J connectivity index is 2.25. The summed E-state index contributed by atoms with van der Waals surface area (Å²) >= 11 is 0. The summed E-state index contributed by atoms with van der Waals surface area (Å²) in [6.45, 7) is 7.03. The van der Waals surface area contributed by atoms with E-state index in [1.165, 1.54) is 25.3 Å². The number of nitrogens with zero attached hydrogens (tertiary/aromatic N) is 1. The number of nitro groups is 1. The first-order valence-corrected chi connectivity index (χ1v) is 11.1. The Kier molecular flexibility index (Phi) is 6.17. The van der Waals surface area contributed by atoms with E-state index in [2.05, 4.69) is 5.32 Å². The van der Waals surface area contributed by atoms with Crippen LogP contribution >= 0.6 is 7.60 Å². The fraction of sp³-hybridized carbons (Fsp3) is 0.450. The van der Waals surface area contributed by atoms with Crippen molar-refractivity contribution in [1.29, 1.82) is 0 Å². The van der Waals surface area contributed by atoms with Gasteiger partial charge in [-0.15, -0.1) is 0 Å². The zero-order chi connectivity index (χ0) is 22.2. The van der Waals surface area contributed by atoms with Gasteiger partial charge in [-0.2, -0.15) is 0 Å². The first-order valence-electron chi connectivity index (χ1n) is 9.56. The van der Waals surface area contributed by atoms with E-state index in [0.29, 0.717) is 23.4 Å². The third-order valence-corrected chi connectivity index (χ3v) is 7.60. The van der Waals surface area contributed by atoms with Gasteiger partial charge in [-0.25, -0.2) is 4.79 Å². The number of benzene rings is 1. The zero-order valence-corrected chi connectivity index (χ0v) is 18.4. The monoisotopic (exact) mass is 436 g/mol. The van der Waals surface area contributed by atoms with Crippen molar-refractivity contribution in [3.8, 4) is 0 Å². The average molecular weight is 436 g/mol. The lowest BCUT2D eigenvalue weighted by molar-refractivity contribution is -0.384. The number of methoxy groups -OCH3 is 1. The Hall–Kier alpha value is -2.48. The van der Waals surface area contributed by atoms with Crippen molar-refractivity contribution in [1.82, 2.24) is 5.32 Å². The van der Waals surface area contributed by atoms with E-state index in [1.807, 2.05) is 13.8 Å². The van der Waals surface area contributed by atoms with Crippen molar-refractivity contribution < 1.29 is 28.1 Å². The molecular weight excluding hydrogens is 411 g/mol. The molecule has 1 fully saturated rings. The maximum absolute atomic E-state index is 13.9. The number of nitro benzene ring substituents is 1. The van der Waals surface area contributed by atoms with Crippen molar-refractivity contribution >= 4 is 19.3 Å². The van der Waals surface area contributed by atoms with Gasteiger partial charge in [0, 0.05) is 29.9 Å². The molecule has 30 heavy (non-hydrogen) atoms. The van der Waals surface area contributed by atoms with E-state index in [4.69, 9.17) is 13.8 Å². The van der Waals surface area contributed by atoms with Gasteiger partial charge in [0.1, 0.15) is 0 Å². The van der Waals surface area contributed by atoms with E-state index in [0.717, 1.165) is 0 Å². The Morgan fingerprint density at radius 1 is 1.23 bits per heavy atom. The van der Waals surface area contributed by atoms with Crippen LogP contribution in [0.1, 0.15) is 45.6 Å². The predicted molar refractivity (Wildman–Crippen MR) is 110 cm³/mol. The Morgan fingerprint density at radius 3 is 2.43 bits per heavy atom. The predicted octanol–water partition coefficient (Wildman–Crippen LogP) is 4.37. The molecule has 0 aliphatic carbocycles. The third-order valence-electron chi connectivity index (χ3n) is 5.14. The molecule has 0 spiro atoms. The van der Waals surface area contributed by atoms with Crippen LogP contribution in [0.15, 0.2) is 46.5 Å². The van der Waals surface area contributed by atoms with Crippen LogP contribution in [-0.2, 0) is 23.1 Å². The molecule has 10 heteroatoms. The van der Waals surface area contributed by atoms with E-state index in [9.17, 15) is 19.5 Å². The summed E-state index contributed by atoms with van der Waals surface area (Å²) in [5.74, 6) is -1.52. The number of rotatable bonds is 4. The molecular formula is C20H25N2O7P. The lowest BCUT2D eigenvalue weighted by Gasteiger charge is -2.39. The van der Waals surface area contributed by atoms with Gasteiger partial charge in [0.25, 0.3) is 5.69 Å². The van der Waals surface area contributed by atoms with Crippen molar-refractivity contribution in [2.45, 2.75) is 52.2 Å². The summed E-state index contributed by atoms with van der Waals surface area (Å²) in [7, 11) is -2.58. The molecule has 2 aliphatic heterocycles. The van der Waals surface area contributed by atoms with E-state index in [1.54, 1.807) is 19.9 Å². The molecule has 1 aromatic rings. The number of carbonyl (C=O) groups excluding carboxylic acids is 1. The Bertz CT molecular complexity index is 987. The highest BCUT2D eigenvalue weighted by Gasteiger charge is 2.48. The number of allylic oxidation sites excluding steroid dienone is 3. The van der Waals surface area contributed by atoms with Crippen molar-refractivity contribution in [2.24, 2.45) is 0 Å². The van der Waals surface area contributed by atoms with Crippen LogP contribution in [0.5, 0.6) is 0 Å². The van der Waals surface area contributed by atoms with Crippen molar-refractivity contribution in [3.05, 3.63) is 62.2 Å². The number of non-ortho nitro benzene ring substituents is 1. The smallest absolute Gasteiger partial charge is 0.360 e. The molecule has 0 saturated carbocycles. The summed E-state index contributed by atoms with van der Waals surface area (Å²) in [5.41, 5.74) is 1.50. The molecule has 162 valence electrons. The molecule has 0 bridgehead atoms. The van der Waals surface area contributed by atoms with Gasteiger partial charge in [-0.3, -0.25) is 14.7 Å². The summed E-state index contributed by atoms with van der Waals surface area (Å²) < 4.78 is 30.5. The summed E-state index contributed by atoms with van der Waals surface area (Å²) in [4.78, 5) is 23.5. The summed E-state index contributed by atoms with van der Waals surface area (Å²) in [6.07, 6.45) is -0.0670. The first kappa shape index (κ1) is 22.2. The number of carbonyl (C=O) groups is 1. The number of ether oxygens (including phenoxy) is 1. The van der Waals surface area contributed by atoms with Crippen LogP contribution in [0.2, 0.25) is 0 Å². The summed E-state index contributed by atoms with van der Waals surface area (Å²) in [6, 6.07) is 5.89. The molecule has 3 atom stereocenters. The van der Waals surface area contributed by atoms with Crippen LogP contribution in [0.3, 0.4) is 0 Å². The highest BCUT2D eigenvalue weighted by Crippen LogP contribution is 2.67. The maximum atomic E-state index is 13.9. The van der Waals surface area contributed by atoms with Gasteiger partial charge in [0.15, 0.2) is 0 Å². The molecule has 1 saturated heterocycles. The standard InChI is InChI=1S/C20H25N2O7P/c1-11-9-12(2)29-30(26,28-11)19-14(4)21-13(3)17(20(23)27-5)18(19)15-7-6-8-16(10-15)22(24)25/h6-8,10-12,18,21H,9H2,1-5H3/t11-,12-,18?/m1/s1. The van der Waals surface area contributed by atoms with Gasteiger partial charge >= 0.3 is 13.6 Å². The average Bonchev–Trinajstić information content (AvgIpc) is 2.65. The number of dihydropyridines is 1. The molecule has 1 N–H and O–H groups in total. The minimum Gasteiger partial charge on any atom is -0.466 e. The van der Waals surface area contributed by atoms with Gasteiger partial charge < -0.3 is 19.1 Å². The van der Waals surface area contributed by atoms with Gasteiger partial charge in [0.05, 0.1) is 41.0 Å². The molecule has 0 aromatic heterocycles. The molecule has 9 nitrogen and oxygen atoms in total. The maximum Gasteiger partial charge on any atom is 0.360 e. The number of esters is 1. The first-order chi connectivity index (χ1) is 14.1. The zero-order valence-electron chi connectivity index (χ0n) is 17.5. The van der Waals surface area contributed by atoms with Gasteiger partial charge in [-0.1, -0.05) is 12.1 Å². The largest absolute Gasteiger partial charge is 0.466 e. The Morgan fingerprint density at radius 2 is 1.87 bits per heavy atom. The normalized spacial score (nSPS) is 29.4. The second-order valence-corrected chi connectivity index (χ2v) is 9.41. The molecule has 1 aromatic carbocycles. The number of hydrogen-bond acceptors (Lipinski definition) is 8. The van der Waals surface area contributed by atoms with Crippen LogP contribution < -0.4 is 5.32 Å². The third kappa shape index (κ3) is 4.05. The minimum absolute atomic E-state index is 0.143. The number of hydrogen-bond donors (Lipinski definition) is 1. The van der Waals surface area contributed by atoms with Crippen LogP contribution in [0, 0.1) is 10.1 Å². The molecule has 0 amide bonds. The fourth-order valence-electron chi connectivity index (χ4n) is 4.03. The lowest BCUT2D eigenvalue weighted by Crippen LogP contribution is -2.32. The molecule has 2 aliphatic rings. The summed E-state index contributed by atoms with van der Waals surface area (Å²) in [5, 5.41) is 14.7. The second kappa shape index (κ2) is 8.34. The highest BCUT2D eigenvalue weighted by molar-refractivity contribution is 7.58. The highest BCUT2D eigenvalue weighted by atomic mass is 31.2. The Labute approximate surface area is 174 Å². The fourth-order valence-corrected chi connectivity index (χ4v) is 6.49. The minimum atomic E-state index is -3.83. The van der Waals surface area contributed by atoms with Crippen LogP contribution in [0.25, 0.3) is 0 Å². The molecule has 2 heterocycles. The molecule has 1 unspecified atom stereocenters.